The van der Waals surface area contributed by atoms with Crippen molar-refractivity contribution < 1.29 is 27.0 Å². The number of halogens is 4. The minimum atomic E-state index is -4.67. The number of nitrogens with one attached hydrogen (secondary N) is 1. The monoisotopic (exact) mass is 281 g/mol. The fourth-order valence-electron chi connectivity index (χ4n) is 1.40. The Morgan fingerprint density at radius 1 is 1.21 bits per heavy atom. The summed E-state index contributed by atoms with van der Waals surface area (Å²) >= 11 is 0. The van der Waals surface area contributed by atoms with Crippen LogP contribution in [0.5, 0.6) is 5.75 Å². The maximum absolute atomic E-state index is 13.1. The molecule has 0 saturated heterocycles. The molecule has 108 valence electrons. The molecule has 1 N–H and O–H groups in total. The molecule has 1 aromatic carbocycles. The first-order chi connectivity index (χ1) is 8.92. The third-order valence-corrected chi connectivity index (χ3v) is 2.19. The molecule has 0 aliphatic heterocycles. The lowest BCUT2D eigenvalue weighted by molar-refractivity contribution is -0.325. The molecular weight excluding hydrogens is 266 g/mol. The number of benzene rings is 1. The Kier molecular flexibility index (Phi) is 6.04. The Bertz CT molecular complexity index is 396. The summed E-state index contributed by atoms with van der Waals surface area (Å²) in [4.78, 5) is 0. The Hall–Kier alpha value is -1.34. The first kappa shape index (κ1) is 15.7. The van der Waals surface area contributed by atoms with E-state index in [1.165, 1.54) is 18.2 Å². The van der Waals surface area contributed by atoms with E-state index in [0.717, 1.165) is 0 Å². The highest BCUT2D eigenvalue weighted by molar-refractivity contribution is 5.33. The first-order valence-corrected chi connectivity index (χ1v) is 5.75. The van der Waals surface area contributed by atoms with Crippen molar-refractivity contribution in [1.29, 1.82) is 0 Å². The van der Waals surface area contributed by atoms with Gasteiger partial charge in [0.15, 0.2) is 0 Å². The van der Waals surface area contributed by atoms with E-state index >= 15 is 0 Å². The highest BCUT2D eigenvalue weighted by atomic mass is 19.4. The van der Waals surface area contributed by atoms with Crippen LogP contribution in [-0.2, 0) is 11.3 Å². The van der Waals surface area contributed by atoms with E-state index in [0.29, 0.717) is 24.4 Å². The Balaban J connectivity index is 2.52. The largest absolute Gasteiger partial charge is 0.522 e. The van der Waals surface area contributed by atoms with Crippen molar-refractivity contribution in [2.45, 2.75) is 19.8 Å². The van der Waals surface area contributed by atoms with E-state index in [2.05, 4.69) is 10.1 Å². The summed E-state index contributed by atoms with van der Waals surface area (Å²) in [7, 11) is 0. The quantitative estimate of drug-likeness (QED) is 0.616. The van der Waals surface area contributed by atoms with Gasteiger partial charge in [-0.2, -0.15) is 0 Å². The van der Waals surface area contributed by atoms with Crippen molar-refractivity contribution in [3.8, 4) is 5.75 Å². The van der Waals surface area contributed by atoms with Crippen molar-refractivity contribution in [2.75, 3.05) is 19.8 Å². The van der Waals surface area contributed by atoms with Crippen molar-refractivity contribution >= 4 is 0 Å². The Morgan fingerprint density at radius 3 is 2.58 bits per heavy atom. The Labute approximate surface area is 108 Å². The summed E-state index contributed by atoms with van der Waals surface area (Å²) < 4.78 is 57.0. The highest BCUT2D eigenvalue weighted by Gasteiger charge is 2.28. The van der Waals surface area contributed by atoms with Crippen molar-refractivity contribution in [1.82, 2.24) is 5.32 Å². The smallest absolute Gasteiger partial charge is 0.491 e. The normalized spacial score (nSPS) is 11.6. The molecule has 19 heavy (non-hydrogen) atoms. The van der Waals surface area contributed by atoms with Crippen LogP contribution in [0.15, 0.2) is 18.2 Å². The molecule has 0 aliphatic rings. The van der Waals surface area contributed by atoms with Gasteiger partial charge >= 0.3 is 6.36 Å². The van der Waals surface area contributed by atoms with Crippen LogP contribution in [0.1, 0.15) is 12.5 Å². The number of hydrogen-bond donors (Lipinski definition) is 1. The summed E-state index contributed by atoms with van der Waals surface area (Å²) in [6, 6.07) is 3.85. The number of hydrogen-bond acceptors (Lipinski definition) is 3. The van der Waals surface area contributed by atoms with Crippen LogP contribution in [0.4, 0.5) is 17.6 Å². The fraction of sp³-hybridized carbons (Fsp3) is 0.500. The molecule has 0 aliphatic carbocycles. The third kappa shape index (κ3) is 6.40. The minimum absolute atomic E-state index is 0.260. The van der Waals surface area contributed by atoms with Gasteiger partial charge in [-0.15, -0.1) is 13.2 Å². The average molecular weight is 281 g/mol. The molecule has 7 heteroatoms. The van der Waals surface area contributed by atoms with Gasteiger partial charge < -0.3 is 10.1 Å². The summed E-state index contributed by atoms with van der Waals surface area (Å²) in [5.41, 5.74) is 0.550. The van der Waals surface area contributed by atoms with Gasteiger partial charge in [0.25, 0.3) is 0 Å². The molecule has 0 fully saturated rings. The van der Waals surface area contributed by atoms with Gasteiger partial charge in [-0.1, -0.05) is 6.92 Å². The van der Waals surface area contributed by atoms with Gasteiger partial charge in [-0.05, 0) is 24.7 Å². The van der Waals surface area contributed by atoms with Crippen molar-refractivity contribution in [3.05, 3.63) is 29.6 Å². The number of rotatable bonds is 7. The zero-order valence-corrected chi connectivity index (χ0v) is 10.4. The van der Waals surface area contributed by atoms with Gasteiger partial charge in [-0.25, -0.2) is 4.39 Å². The lowest BCUT2D eigenvalue weighted by Crippen LogP contribution is -2.19. The number of ether oxygens (including phenoxy) is 2. The molecule has 0 aromatic heterocycles. The second kappa shape index (κ2) is 7.30. The third-order valence-electron chi connectivity index (χ3n) is 2.19. The molecule has 0 amide bonds. The second-order valence-corrected chi connectivity index (χ2v) is 3.68. The van der Waals surface area contributed by atoms with Gasteiger partial charge in [0.05, 0.1) is 6.61 Å². The molecule has 0 bridgehead atoms. The standard InChI is InChI=1S/C12H15F4NO2/c1-2-17-8-9-7-10(13)3-4-11(9)18-5-6-19-12(14,15)16/h3-4,7,17H,2,5-6,8H2,1H3. The molecule has 0 spiro atoms. The van der Waals surface area contributed by atoms with E-state index in [-0.39, 0.29) is 6.61 Å². The van der Waals surface area contributed by atoms with E-state index in [1.54, 1.807) is 0 Å². The SMILES string of the molecule is CCNCc1cc(F)ccc1OCCOC(F)(F)F. The van der Waals surface area contributed by atoms with Crippen LogP contribution in [0.25, 0.3) is 0 Å². The lowest BCUT2D eigenvalue weighted by atomic mass is 10.2. The van der Waals surface area contributed by atoms with Crippen LogP contribution < -0.4 is 10.1 Å². The molecule has 0 unspecified atom stereocenters. The zero-order valence-electron chi connectivity index (χ0n) is 10.4. The summed E-state index contributed by atoms with van der Waals surface area (Å²) in [5, 5.41) is 2.99. The Morgan fingerprint density at radius 2 is 1.95 bits per heavy atom. The van der Waals surface area contributed by atoms with Crippen LogP contribution in [0.2, 0.25) is 0 Å². The van der Waals surface area contributed by atoms with Gasteiger partial charge in [0, 0.05) is 12.1 Å². The van der Waals surface area contributed by atoms with Gasteiger partial charge in [0.1, 0.15) is 18.2 Å². The average Bonchev–Trinajstić information content (AvgIpc) is 2.32. The molecule has 0 atom stereocenters. The minimum Gasteiger partial charge on any atom is -0.491 e. The van der Waals surface area contributed by atoms with E-state index < -0.39 is 18.8 Å². The van der Waals surface area contributed by atoms with Crippen molar-refractivity contribution in [3.63, 3.8) is 0 Å². The molecule has 1 rings (SSSR count). The maximum Gasteiger partial charge on any atom is 0.522 e. The van der Waals surface area contributed by atoms with Crippen molar-refractivity contribution in [2.24, 2.45) is 0 Å². The van der Waals surface area contributed by atoms with Gasteiger partial charge in [-0.3, -0.25) is 4.74 Å². The second-order valence-electron chi connectivity index (χ2n) is 3.68. The number of alkyl halides is 3. The molecule has 0 saturated carbocycles. The maximum atomic E-state index is 13.1. The van der Waals surface area contributed by atoms with Crippen LogP contribution in [-0.4, -0.2) is 26.1 Å². The lowest BCUT2D eigenvalue weighted by Gasteiger charge is -2.13. The van der Waals surface area contributed by atoms with Gasteiger partial charge in [0.2, 0.25) is 0 Å². The summed E-state index contributed by atoms with van der Waals surface area (Å²) in [5.74, 6) is -0.0834. The molecule has 3 nitrogen and oxygen atoms in total. The van der Waals surface area contributed by atoms with E-state index in [4.69, 9.17) is 4.74 Å². The van der Waals surface area contributed by atoms with Crippen LogP contribution in [0, 0.1) is 5.82 Å². The predicted molar refractivity (Wildman–Crippen MR) is 61.3 cm³/mol. The fourth-order valence-corrected chi connectivity index (χ4v) is 1.40. The van der Waals surface area contributed by atoms with Crippen LogP contribution >= 0.6 is 0 Å². The van der Waals surface area contributed by atoms with Crippen LogP contribution in [0.3, 0.4) is 0 Å². The molecule has 1 aromatic rings. The highest BCUT2D eigenvalue weighted by Crippen LogP contribution is 2.20. The molecule has 0 heterocycles. The predicted octanol–water partition coefficient (Wildman–Crippen LogP) is 2.85. The molecular formula is C12H15F4NO2. The summed E-state index contributed by atoms with van der Waals surface area (Å²) in [6.45, 7) is 2.08. The molecule has 0 radical (unpaired) electrons. The topological polar surface area (TPSA) is 30.5 Å². The zero-order chi connectivity index (χ0) is 14.3. The van der Waals surface area contributed by atoms with E-state index in [9.17, 15) is 17.6 Å². The summed E-state index contributed by atoms with van der Waals surface area (Å²) in [6.07, 6.45) is -4.67. The first-order valence-electron chi connectivity index (χ1n) is 5.75. The van der Waals surface area contributed by atoms with E-state index in [1.807, 2.05) is 6.92 Å².